The number of H-pyrrole nitrogens is 1. The summed E-state index contributed by atoms with van der Waals surface area (Å²) in [6.45, 7) is 1.01. The van der Waals surface area contributed by atoms with Gasteiger partial charge in [0.2, 0.25) is 5.91 Å². The summed E-state index contributed by atoms with van der Waals surface area (Å²) in [5.74, 6) is 0.633. The topological polar surface area (TPSA) is 74.4 Å². The maximum atomic E-state index is 12.8. The zero-order chi connectivity index (χ0) is 23.2. The van der Waals surface area contributed by atoms with Crippen molar-refractivity contribution in [2.24, 2.45) is 0 Å². The standard InChI is InChI=1S/C25H25N3O3S2/c1-31-19-10-8-17(9-11-19)15-22-24(30)28(25(32)33-22)14-4-7-23(29)26-13-12-18-16-27-21-6-3-2-5-20(18)21/h2-3,5-6,8-11,15-16,27H,4,7,12-14H2,1H3,(H,26,29). The predicted octanol–water partition coefficient (Wildman–Crippen LogP) is 4.52. The van der Waals surface area contributed by atoms with Crippen molar-refractivity contribution < 1.29 is 14.3 Å². The zero-order valence-electron chi connectivity index (χ0n) is 18.3. The number of carbonyl (C=O) groups is 2. The van der Waals surface area contributed by atoms with Crippen LogP contribution in [-0.2, 0) is 16.0 Å². The number of ether oxygens (including phenoxy) is 1. The van der Waals surface area contributed by atoms with Gasteiger partial charge in [0.1, 0.15) is 10.1 Å². The quantitative estimate of drug-likeness (QED) is 0.349. The third-order valence-electron chi connectivity index (χ3n) is 5.46. The third kappa shape index (κ3) is 5.64. The molecule has 1 aromatic heterocycles. The van der Waals surface area contributed by atoms with Crippen LogP contribution in [0.3, 0.4) is 0 Å². The Balaban J connectivity index is 1.22. The van der Waals surface area contributed by atoms with E-state index in [1.165, 1.54) is 22.7 Å². The summed E-state index contributed by atoms with van der Waals surface area (Å²) in [5.41, 5.74) is 3.20. The van der Waals surface area contributed by atoms with Gasteiger partial charge in [0.15, 0.2) is 0 Å². The van der Waals surface area contributed by atoms with Gasteiger partial charge in [-0.05, 0) is 48.2 Å². The first-order chi connectivity index (χ1) is 16.0. The number of amides is 2. The fraction of sp³-hybridized carbons (Fsp3) is 0.240. The Morgan fingerprint density at radius 3 is 2.79 bits per heavy atom. The van der Waals surface area contributed by atoms with Gasteiger partial charge >= 0.3 is 0 Å². The van der Waals surface area contributed by atoms with Crippen LogP contribution in [0.4, 0.5) is 0 Å². The Morgan fingerprint density at radius 1 is 1.21 bits per heavy atom. The number of rotatable bonds is 9. The molecular formula is C25H25N3O3S2. The Labute approximate surface area is 202 Å². The van der Waals surface area contributed by atoms with E-state index in [2.05, 4.69) is 16.4 Å². The van der Waals surface area contributed by atoms with Gasteiger partial charge in [0.05, 0.1) is 12.0 Å². The lowest BCUT2D eigenvalue weighted by molar-refractivity contribution is -0.123. The maximum absolute atomic E-state index is 12.8. The number of thiocarbonyl (C=S) groups is 1. The SMILES string of the molecule is COc1ccc(C=C2SC(=S)N(CCCC(=O)NCCc3c[nH]c4ccccc34)C2=O)cc1. The van der Waals surface area contributed by atoms with E-state index in [1.54, 1.807) is 12.0 Å². The number of thioether (sulfide) groups is 1. The molecule has 0 atom stereocenters. The van der Waals surface area contributed by atoms with Gasteiger partial charge in [-0.15, -0.1) is 0 Å². The molecule has 0 bridgehead atoms. The first kappa shape index (κ1) is 23.1. The molecule has 0 saturated carbocycles. The van der Waals surface area contributed by atoms with Crippen LogP contribution in [0.1, 0.15) is 24.0 Å². The van der Waals surface area contributed by atoms with E-state index in [9.17, 15) is 9.59 Å². The first-order valence-electron chi connectivity index (χ1n) is 10.8. The molecule has 33 heavy (non-hydrogen) atoms. The number of benzene rings is 2. The van der Waals surface area contributed by atoms with Crippen LogP contribution in [0.2, 0.25) is 0 Å². The third-order valence-corrected chi connectivity index (χ3v) is 6.84. The highest BCUT2D eigenvalue weighted by atomic mass is 32.2. The van der Waals surface area contributed by atoms with Crippen molar-refractivity contribution in [3.05, 3.63) is 70.8 Å². The molecule has 1 aliphatic heterocycles. The van der Waals surface area contributed by atoms with Crippen molar-refractivity contribution in [3.63, 3.8) is 0 Å². The molecule has 2 aromatic carbocycles. The van der Waals surface area contributed by atoms with Gasteiger partial charge < -0.3 is 15.0 Å². The zero-order valence-corrected chi connectivity index (χ0v) is 19.9. The highest BCUT2D eigenvalue weighted by Crippen LogP contribution is 2.33. The summed E-state index contributed by atoms with van der Waals surface area (Å²) in [6, 6.07) is 15.6. The van der Waals surface area contributed by atoms with Crippen molar-refractivity contribution in [1.29, 1.82) is 0 Å². The molecule has 0 aliphatic carbocycles. The van der Waals surface area contributed by atoms with Gasteiger partial charge in [-0.25, -0.2) is 0 Å². The highest BCUT2D eigenvalue weighted by molar-refractivity contribution is 8.26. The molecule has 1 fully saturated rings. The monoisotopic (exact) mass is 479 g/mol. The van der Waals surface area contributed by atoms with Gasteiger partial charge in [-0.1, -0.05) is 54.3 Å². The highest BCUT2D eigenvalue weighted by Gasteiger charge is 2.31. The number of para-hydroxylation sites is 1. The normalized spacial score (nSPS) is 14.9. The van der Waals surface area contributed by atoms with Crippen molar-refractivity contribution in [3.8, 4) is 5.75 Å². The smallest absolute Gasteiger partial charge is 0.266 e. The van der Waals surface area contributed by atoms with E-state index >= 15 is 0 Å². The first-order valence-corrected chi connectivity index (χ1v) is 12.0. The fourth-order valence-corrected chi connectivity index (χ4v) is 5.01. The van der Waals surface area contributed by atoms with Gasteiger partial charge in [0, 0.05) is 36.6 Å². The second kappa shape index (κ2) is 10.7. The van der Waals surface area contributed by atoms with Crippen LogP contribution >= 0.6 is 24.0 Å². The molecule has 1 saturated heterocycles. The Morgan fingerprint density at radius 2 is 2.00 bits per heavy atom. The largest absolute Gasteiger partial charge is 0.497 e. The molecule has 6 nitrogen and oxygen atoms in total. The van der Waals surface area contributed by atoms with E-state index in [4.69, 9.17) is 17.0 Å². The molecule has 8 heteroatoms. The van der Waals surface area contributed by atoms with Crippen LogP contribution in [0.15, 0.2) is 59.6 Å². The van der Waals surface area contributed by atoms with E-state index in [0.717, 1.165) is 23.3 Å². The lowest BCUT2D eigenvalue weighted by Gasteiger charge is -2.14. The summed E-state index contributed by atoms with van der Waals surface area (Å²) >= 11 is 6.68. The number of fused-ring (bicyclic) bond motifs is 1. The minimum atomic E-state index is -0.111. The lowest BCUT2D eigenvalue weighted by Crippen LogP contribution is -2.31. The maximum Gasteiger partial charge on any atom is 0.266 e. The molecule has 2 heterocycles. The van der Waals surface area contributed by atoms with Crippen LogP contribution in [0.5, 0.6) is 5.75 Å². The number of hydrogen-bond donors (Lipinski definition) is 2. The molecular weight excluding hydrogens is 454 g/mol. The minimum absolute atomic E-state index is 0.0194. The summed E-state index contributed by atoms with van der Waals surface area (Å²) in [5, 5.41) is 4.15. The van der Waals surface area contributed by atoms with Crippen molar-refractivity contribution in [2.45, 2.75) is 19.3 Å². The van der Waals surface area contributed by atoms with Crippen LogP contribution in [0.25, 0.3) is 17.0 Å². The molecule has 0 unspecified atom stereocenters. The molecule has 4 rings (SSSR count). The number of methoxy groups -OCH3 is 1. The Kier molecular flexibility index (Phi) is 7.47. The Bertz CT molecular complexity index is 1200. The van der Waals surface area contributed by atoms with Gasteiger partial charge in [0.25, 0.3) is 5.91 Å². The van der Waals surface area contributed by atoms with Crippen molar-refractivity contribution in [1.82, 2.24) is 15.2 Å². The Hall–Kier alpha value is -3.10. The van der Waals surface area contributed by atoms with Crippen LogP contribution in [0, 0.1) is 0 Å². The molecule has 0 spiro atoms. The number of aromatic nitrogens is 1. The molecule has 0 radical (unpaired) electrons. The van der Waals surface area contributed by atoms with Crippen molar-refractivity contribution >= 4 is 57.1 Å². The summed E-state index contributed by atoms with van der Waals surface area (Å²) in [6.07, 6.45) is 5.49. The summed E-state index contributed by atoms with van der Waals surface area (Å²) < 4.78 is 5.69. The number of aromatic amines is 1. The van der Waals surface area contributed by atoms with E-state index in [-0.39, 0.29) is 11.8 Å². The lowest BCUT2D eigenvalue weighted by atomic mass is 10.1. The minimum Gasteiger partial charge on any atom is -0.497 e. The summed E-state index contributed by atoms with van der Waals surface area (Å²) in [4.78, 5) is 30.4. The number of hydrogen-bond acceptors (Lipinski definition) is 5. The van der Waals surface area contributed by atoms with E-state index in [0.29, 0.717) is 35.2 Å². The number of carbonyl (C=O) groups excluding carboxylic acids is 2. The molecule has 2 amide bonds. The molecule has 2 N–H and O–H groups in total. The van der Waals surface area contributed by atoms with Crippen LogP contribution < -0.4 is 10.1 Å². The fourth-order valence-electron chi connectivity index (χ4n) is 3.71. The number of nitrogens with one attached hydrogen (secondary N) is 2. The molecule has 1 aliphatic rings. The predicted molar refractivity (Wildman–Crippen MR) is 137 cm³/mol. The van der Waals surface area contributed by atoms with Gasteiger partial charge in [-0.2, -0.15) is 0 Å². The molecule has 3 aromatic rings. The second-order valence-corrected chi connectivity index (χ2v) is 9.35. The van der Waals surface area contributed by atoms with Gasteiger partial charge in [-0.3, -0.25) is 14.5 Å². The molecule has 170 valence electrons. The average Bonchev–Trinajstić information content (AvgIpc) is 3.35. The summed E-state index contributed by atoms with van der Waals surface area (Å²) in [7, 11) is 1.62. The average molecular weight is 480 g/mol. The van der Waals surface area contributed by atoms with Crippen LogP contribution in [-0.4, -0.2) is 46.2 Å². The number of nitrogens with zero attached hydrogens (tertiary/aromatic N) is 1. The second-order valence-electron chi connectivity index (χ2n) is 7.67. The van der Waals surface area contributed by atoms with Crippen molar-refractivity contribution in [2.75, 3.05) is 20.2 Å². The van der Waals surface area contributed by atoms with E-state index in [1.807, 2.05) is 54.7 Å². The van der Waals surface area contributed by atoms with E-state index < -0.39 is 0 Å².